The molecule has 2 aromatic heterocycles. The minimum Gasteiger partial charge on any atom is -0.467 e. The van der Waals surface area contributed by atoms with Crippen LogP contribution in [0.15, 0.2) is 51.6 Å². The highest BCUT2D eigenvalue weighted by atomic mass is 16.5. The molecule has 2 saturated heterocycles. The first-order valence-electron chi connectivity index (χ1n) is 10.4. The standard InChI is InChI=1S/C22H24N4O4/c27-22(17-13-18(29-15-17)14-25-9-11-28-12-10-25)26-8-4-7-19(26)21-23-20(24-30-21)16-5-2-1-3-6-16/h1-3,5-6,13,15,19H,4,7-12,14H2/t19-/m0/s1. The average molecular weight is 408 g/mol. The Kier molecular flexibility index (Phi) is 5.33. The van der Waals surface area contributed by atoms with Crippen molar-refractivity contribution in [2.24, 2.45) is 0 Å². The molecular formula is C22H24N4O4. The summed E-state index contributed by atoms with van der Waals surface area (Å²) >= 11 is 0. The van der Waals surface area contributed by atoms with Crippen molar-refractivity contribution in [2.45, 2.75) is 25.4 Å². The van der Waals surface area contributed by atoms with Crippen LogP contribution in [0, 0.1) is 0 Å². The van der Waals surface area contributed by atoms with Crippen molar-refractivity contribution in [3.8, 4) is 11.4 Å². The number of likely N-dealkylation sites (tertiary alicyclic amines) is 1. The summed E-state index contributed by atoms with van der Waals surface area (Å²) in [6, 6.07) is 11.3. The summed E-state index contributed by atoms with van der Waals surface area (Å²) in [6.45, 7) is 4.56. The number of rotatable bonds is 5. The van der Waals surface area contributed by atoms with Crippen molar-refractivity contribution in [3.63, 3.8) is 0 Å². The Balaban J connectivity index is 1.29. The summed E-state index contributed by atoms with van der Waals surface area (Å²) in [7, 11) is 0. The first kappa shape index (κ1) is 19.0. The third-order valence-corrected chi connectivity index (χ3v) is 5.66. The van der Waals surface area contributed by atoms with E-state index in [9.17, 15) is 4.79 Å². The van der Waals surface area contributed by atoms with Crippen molar-refractivity contribution in [1.29, 1.82) is 0 Å². The maximum absolute atomic E-state index is 13.2. The van der Waals surface area contributed by atoms with E-state index in [0.717, 1.165) is 50.5 Å². The van der Waals surface area contributed by atoms with E-state index in [2.05, 4.69) is 15.0 Å². The first-order chi connectivity index (χ1) is 14.8. The van der Waals surface area contributed by atoms with Gasteiger partial charge >= 0.3 is 0 Å². The summed E-state index contributed by atoms with van der Waals surface area (Å²) in [5, 5.41) is 4.11. The monoisotopic (exact) mass is 408 g/mol. The molecule has 0 unspecified atom stereocenters. The first-order valence-corrected chi connectivity index (χ1v) is 10.4. The second-order valence-corrected chi connectivity index (χ2v) is 7.67. The lowest BCUT2D eigenvalue weighted by molar-refractivity contribution is 0.0313. The minimum absolute atomic E-state index is 0.0612. The fourth-order valence-corrected chi connectivity index (χ4v) is 4.06. The van der Waals surface area contributed by atoms with E-state index in [-0.39, 0.29) is 11.9 Å². The molecule has 30 heavy (non-hydrogen) atoms. The van der Waals surface area contributed by atoms with E-state index in [1.165, 1.54) is 0 Å². The van der Waals surface area contributed by atoms with Crippen LogP contribution in [0.3, 0.4) is 0 Å². The van der Waals surface area contributed by atoms with Crippen LogP contribution in [-0.4, -0.2) is 58.7 Å². The van der Waals surface area contributed by atoms with Crippen LogP contribution < -0.4 is 0 Å². The lowest BCUT2D eigenvalue weighted by Crippen LogP contribution is -2.35. The van der Waals surface area contributed by atoms with Gasteiger partial charge in [0, 0.05) is 25.2 Å². The van der Waals surface area contributed by atoms with Crippen LogP contribution in [0.5, 0.6) is 0 Å². The van der Waals surface area contributed by atoms with Gasteiger partial charge in [0.25, 0.3) is 5.91 Å². The Morgan fingerprint density at radius 1 is 1.13 bits per heavy atom. The quantitative estimate of drug-likeness (QED) is 0.641. The summed E-state index contributed by atoms with van der Waals surface area (Å²) in [5.74, 6) is 1.76. The molecule has 8 nitrogen and oxygen atoms in total. The molecule has 5 rings (SSSR count). The number of aromatic nitrogens is 2. The lowest BCUT2D eigenvalue weighted by Gasteiger charge is -2.25. The number of carbonyl (C=O) groups excluding carboxylic acids is 1. The third-order valence-electron chi connectivity index (χ3n) is 5.66. The highest BCUT2D eigenvalue weighted by molar-refractivity contribution is 5.94. The summed E-state index contributed by atoms with van der Waals surface area (Å²) in [5.41, 5.74) is 1.46. The van der Waals surface area contributed by atoms with Gasteiger partial charge in [0.15, 0.2) is 0 Å². The van der Waals surface area contributed by atoms with Gasteiger partial charge in [0.1, 0.15) is 18.1 Å². The molecule has 0 saturated carbocycles. The fraction of sp³-hybridized carbons (Fsp3) is 0.409. The number of ether oxygens (including phenoxy) is 1. The smallest absolute Gasteiger partial charge is 0.257 e. The van der Waals surface area contributed by atoms with E-state index in [1.54, 1.807) is 6.26 Å². The fourth-order valence-electron chi connectivity index (χ4n) is 4.06. The number of carbonyl (C=O) groups is 1. The third kappa shape index (κ3) is 3.88. The molecule has 1 aromatic carbocycles. The zero-order chi connectivity index (χ0) is 20.3. The molecule has 0 bridgehead atoms. The highest BCUT2D eigenvalue weighted by Gasteiger charge is 2.35. The molecule has 4 heterocycles. The van der Waals surface area contributed by atoms with Gasteiger partial charge in [-0.05, 0) is 18.9 Å². The lowest BCUT2D eigenvalue weighted by atomic mass is 10.2. The van der Waals surface area contributed by atoms with Crippen molar-refractivity contribution in [3.05, 3.63) is 59.9 Å². The van der Waals surface area contributed by atoms with Crippen LogP contribution in [0.25, 0.3) is 11.4 Å². The summed E-state index contributed by atoms with van der Waals surface area (Å²) in [4.78, 5) is 21.8. The Labute approximate surface area is 174 Å². The number of benzene rings is 1. The molecule has 8 heteroatoms. The maximum atomic E-state index is 13.2. The van der Waals surface area contributed by atoms with Crippen LogP contribution in [0.2, 0.25) is 0 Å². The van der Waals surface area contributed by atoms with Crippen molar-refractivity contribution in [1.82, 2.24) is 19.9 Å². The number of hydrogen-bond donors (Lipinski definition) is 0. The van der Waals surface area contributed by atoms with E-state index < -0.39 is 0 Å². The van der Waals surface area contributed by atoms with E-state index in [0.29, 0.717) is 30.4 Å². The summed E-state index contributed by atoms with van der Waals surface area (Å²) < 4.78 is 16.6. The Bertz CT molecular complexity index is 994. The van der Waals surface area contributed by atoms with E-state index in [1.807, 2.05) is 41.3 Å². The molecule has 0 radical (unpaired) electrons. The Morgan fingerprint density at radius 2 is 1.97 bits per heavy atom. The van der Waals surface area contributed by atoms with Gasteiger partial charge < -0.3 is 18.6 Å². The van der Waals surface area contributed by atoms with Gasteiger partial charge in [0.2, 0.25) is 11.7 Å². The molecule has 2 aliphatic rings. The topological polar surface area (TPSA) is 84.8 Å². The zero-order valence-electron chi connectivity index (χ0n) is 16.7. The Hall–Kier alpha value is -2.97. The van der Waals surface area contributed by atoms with Gasteiger partial charge in [0.05, 0.1) is 25.3 Å². The number of nitrogens with zero attached hydrogens (tertiary/aromatic N) is 4. The van der Waals surface area contributed by atoms with Crippen molar-refractivity contribution < 1.29 is 18.5 Å². The predicted octanol–water partition coefficient (Wildman–Crippen LogP) is 3.14. The molecule has 3 aromatic rings. The van der Waals surface area contributed by atoms with Gasteiger partial charge in [-0.2, -0.15) is 4.98 Å². The molecule has 2 fully saturated rings. The second-order valence-electron chi connectivity index (χ2n) is 7.67. The molecule has 0 aliphatic carbocycles. The van der Waals surface area contributed by atoms with E-state index >= 15 is 0 Å². The molecule has 1 atom stereocenters. The molecule has 0 spiro atoms. The van der Waals surface area contributed by atoms with Crippen LogP contribution in [0.1, 0.15) is 40.9 Å². The van der Waals surface area contributed by atoms with Gasteiger partial charge in [-0.15, -0.1) is 0 Å². The number of morpholine rings is 1. The number of amides is 1. The zero-order valence-corrected chi connectivity index (χ0v) is 16.7. The normalized spacial score (nSPS) is 20.0. The largest absolute Gasteiger partial charge is 0.467 e. The maximum Gasteiger partial charge on any atom is 0.257 e. The molecular weight excluding hydrogens is 384 g/mol. The number of furan rings is 1. The Morgan fingerprint density at radius 3 is 2.80 bits per heavy atom. The predicted molar refractivity (Wildman–Crippen MR) is 108 cm³/mol. The van der Waals surface area contributed by atoms with E-state index in [4.69, 9.17) is 13.7 Å². The highest BCUT2D eigenvalue weighted by Crippen LogP contribution is 2.33. The molecule has 0 N–H and O–H groups in total. The SMILES string of the molecule is O=C(c1coc(CN2CCOCC2)c1)N1CCC[C@H]1c1nc(-c2ccccc2)no1. The van der Waals surface area contributed by atoms with Crippen molar-refractivity contribution >= 4 is 5.91 Å². The second kappa shape index (κ2) is 8.41. The minimum atomic E-state index is -0.208. The number of hydrogen-bond acceptors (Lipinski definition) is 7. The van der Waals surface area contributed by atoms with Crippen LogP contribution in [0.4, 0.5) is 0 Å². The summed E-state index contributed by atoms with van der Waals surface area (Å²) in [6.07, 6.45) is 3.26. The van der Waals surface area contributed by atoms with Crippen LogP contribution in [-0.2, 0) is 11.3 Å². The van der Waals surface area contributed by atoms with Crippen molar-refractivity contribution in [2.75, 3.05) is 32.8 Å². The molecule has 1 amide bonds. The molecule has 2 aliphatic heterocycles. The van der Waals surface area contributed by atoms with Gasteiger partial charge in [-0.3, -0.25) is 9.69 Å². The average Bonchev–Trinajstić information content (AvgIpc) is 3.55. The van der Waals surface area contributed by atoms with Crippen LogP contribution >= 0.6 is 0 Å². The van der Waals surface area contributed by atoms with Gasteiger partial charge in [-0.25, -0.2) is 0 Å². The van der Waals surface area contributed by atoms with Gasteiger partial charge in [-0.1, -0.05) is 35.5 Å². The molecule has 156 valence electrons.